The molecule has 0 radical (unpaired) electrons. The summed E-state index contributed by atoms with van der Waals surface area (Å²) in [5.41, 5.74) is 1.88. The summed E-state index contributed by atoms with van der Waals surface area (Å²) in [7, 11) is 0. The van der Waals surface area contributed by atoms with Crippen LogP contribution in [-0.4, -0.2) is 20.7 Å². The van der Waals surface area contributed by atoms with Gasteiger partial charge in [0.1, 0.15) is 23.1 Å². The van der Waals surface area contributed by atoms with Crippen LogP contribution < -0.4 is 5.32 Å². The second kappa shape index (κ2) is 5.67. The Morgan fingerprint density at radius 2 is 1.96 bits per heavy atom. The van der Waals surface area contributed by atoms with Gasteiger partial charge in [0, 0.05) is 17.5 Å². The first-order valence-corrected chi connectivity index (χ1v) is 8.51. The van der Waals surface area contributed by atoms with Gasteiger partial charge in [-0.05, 0) is 43.0 Å². The smallest absolute Gasteiger partial charge is 0.277 e. The monoisotopic (exact) mass is 370 g/mol. The van der Waals surface area contributed by atoms with Crippen molar-refractivity contribution in [2.75, 3.05) is 5.32 Å². The number of benzene rings is 1. The summed E-state index contributed by atoms with van der Waals surface area (Å²) >= 11 is 0. The molecule has 3 aromatic rings. The number of rotatable bonds is 3. The van der Waals surface area contributed by atoms with Crippen molar-refractivity contribution in [3.63, 3.8) is 0 Å². The maximum absolute atomic E-state index is 14.3. The molecule has 2 aromatic heterocycles. The van der Waals surface area contributed by atoms with E-state index in [1.807, 2.05) is 0 Å². The zero-order valence-corrected chi connectivity index (χ0v) is 13.9. The van der Waals surface area contributed by atoms with E-state index in [1.165, 1.54) is 22.9 Å². The van der Waals surface area contributed by atoms with E-state index >= 15 is 0 Å². The molecule has 2 aliphatic rings. The number of pyridine rings is 1. The third-order valence-electron chi connectivity index (χ3n) is 5.09. The third-order valence-corrected chi connectivity index (χ3v) is 5.09. The molecular weight excluding hydrogens is 357 g/mol. The van der Waals surface area contributed by atoms with Crippen molar-refractivity contribution in [3.8, 4) is 5.69 Å². The summed E-state index contributed by atoms with van der Waals surface area (Å²) in [6, 6.07) is 5.81. The highest BCUT2D eigenvalue weighted by molar-refractivity contribution is 6.03. The SMILES string of the molecule is O=C(Nc1ccc(F)cn1)c1nn(-c2ccc(F)cc2F)c2c1C[C@H]1C[C@@H]21. The van der Waals surface area contributed by atoms with E-state index in [0.717, 1.165) is 36.0 Å². The van der Waals surface area contributed by atoms with Gasteiger partial charge in [0.15, 0.2) is 11.5 Å². The summed E-state index contributed by atoms with van der Waals surface area (Å²) in [6.07, 6.45) is 2.67. The largest absolute Gasteiger partial charge is 0.305 e. The van der Waals surface area contributed by atoms with Gasteiger partial charge in [0.05, 0.1) is 11.9 Å². The first kappa shape index (κ1) is 16.0. The Labute approximate surface area is 151 Å². The van der Waals surface area contributed by atoms with Gasteiger partial charge in [0.2, 0.25) is 0 Å². The molecule has 0 saturated heterocycles. The highest BCUT2D eigenvalue weighted by Crippen LogP contribution is 2.57. The molecule has 0 spiro atoms. The summed E-state index contributed by atoms with van der Waals surface area (Å²) in [5.74, 6) is -1.55. The highest BCUT2D eigenvalue weighted by Gasteiger charge is 2.50. The zero-order valence-electron chi connectivity index (χ0n) is 13.9. The zero-order chi connectivity index (χ0) is 18.7. The van der Waals surface area contributed by atoms with Gasteiger partial charge in [-0.3, -0.25) is 4.79 Å². The number of fused-ring (bicyclic) bond motifs is 3. The van der Waals surface area contributed by atoms with Crippen molar-refractivity contribution in [2.24, 2.45) is 5.92 Å². The Morgan fingerprint density at radius 1 is 1.15 bits per heavy atom. The summed E-state index contributed by atoms with van der Waals surface area (Å²) in [6.45, 7) is 0. The normalized spacial score (nSPS) is 19.5. The number of nitrogens with zero attached hydrogens (tertiary/aromatic N) is 3. The van der Waals surface area contributed by atoms with Crippen molar-refractivity contribution in [1.29, 1.82) is 0 Å². The fourth-order valence-electron chi connectivity index (χ4n) is 3.76. The van der Waals surface area contributed by atoms with Gasteiger partial charge in [-0.15, -0.1) is 0 Å². The molecule has 0 unspecified atom stereocenters. The Kier molecular flexibility index (Phi) is 3.37. The molecule has 1 amide bonds. The topological polar surface area (TPSA) is 59.8 Å². The lowest BCUT2D eigenvalue weighted by molar-refractivity contribution is 0.102. The van der Waals surface area contributed by atoms with Gasteiger partial charge in [-0.1, -0.05) is 0 Å². The molecule has 0 aliphatic heterocycles. The maximum atomic E-state index is 14.3. The fraction of sp³-hybridized carbons (Fsp3) is 0.211. The average molecular weight is 370 g/mol. The van der Waals surface area contributed by atoms with Crippen molar-refractivity contribution in [2.45, 2.75) is 18.8 Å². The van der Waals surface area contributed by atoms with Crippen LogP contribution in [0.4, 0.5) is 19.0 Å². The van der Waals surface area contributed by atoms with Crippen molar-refractivity contribution < 1.29 is 18.0 Å². The van der Waals surface area contributed by atoms with Crippen LogP contribution >= 0.6 is 0 Å². The molecule has 2 aliphatic carbocycles. The van der Waals surface area contributed by atoms with E-state index in [9.17, 15) is 18.0 Å². The van der Waals surface area contributed by atoms with Crippen LogP contribution in [0.5, 0.6) is 0 Å². The number of hydrogen-bond donors (Lipinski definition) is 1. The number of nitrogens with one attached hydrogen (secondary N) is 1. The number of carbonyl (C=O) groups is 1. The molecule has 27 heavy (non-hydrogen) atoms. The second-order valence-corrected chi connectivity index (χ2v) is 6.84. The number of aromatic nitrogens is 3. The van der Waals surface area contributed by atoms with E-state index in [2.05, 4.69) is 15.4 Å². The minimum atomic E-state index is -0.739. The predicted molar refractivity (Wildman–Crippen MR) is 90.2 cm³/mol. The molecule has 0 bridgehead atoms. The van der Waals surface area contributed by atoms with Gasteiger partial charge in [-0.2, -0.15) is 5.10 Å². The molecule has 5 nitrogen and oxygen atoms in total. The molecule has 1 saturated carbocycles. The molecule has 5 rings (SSSR count). The third kappa shape index (κ3) is 2.59. The van der Waals surface area contributed by atoms with E-state index in [4.69, 9.17) is 0 Å². The molecule has 1 N–H and O–H groups in total. The Hall–Kier alpha value is -3.16. The number of amides is 1. The van der Waals surface area contributed by atoms with Gasteiger partial charge in [-0.25, -0.2) is 22.8 Å². The summed E-state index contributed by atoms with van der Waals surface area (Å²) in [4.78, 5) is 16.5. The van der Waals surface area contributed by atoms with Crippen LogP contribution in [0, 0.1) is 23.4 Å². The van der Waals surface area contributed by atoms with E-state index in [-0.39, 0.29) is 23.1 Å². The first-order chi connectivity index (χ1) is 13.0. The van der Waals surface area contributed by atoms with Crippen LogP contribution in [-0.2, 0) is 6.42 Å². The number of carbonyl (C=O) groups excluding carboxylic acids is 1. The van der Waals surface area contributed by atoms with E-state index in [1.54, 1.807) is 0 Å². The van der Waals surface area contributed by atoms with Crippen LogP contribution in [0.15, 0.2) is 36.5 Å². The number of hydrogen-bond acceptors (Lipinski definition) is 3. The second-order valence-electron chi connectivity index (χ2n) is 6.84. The van der Waals surface area contributed by atoms with Gasteiger partial charge < -0.3 is 5.32 Å². The van der Waals surface area contributed by atoms with Crippen molar-refractivity contribution in [1.82, 2.24) is 14.8 Å². The Balaban J connectivity index is 1.55. The van der Waals surface area contributed by atoms with Gasteiger partial charge in [0.25, 0.3) is 5.91 Å². The van der Waals surface area contributed by atoms with Crippen molar-refractivity contribution in [3.05, 3.63) is 70.9 Å². The van der Waals surface area contributed by atoms with E-state index < -0.39 is 23.4 Å². The average Bonchev–Trinajstić information content (AvgIpc) is 3.14. The van der Waals surface area contributed by atoms with Crippen LogP contribution in [0.3, 0.4) is 0 Å². The molecule has 1 fully saturated rings. The molecular formula is C19H13F3N4O. The molecule has 2 heterocycles. The standard InChI is InChI=1S/C19H13F3N4O/c20-10-1-3-15(14(22)7-10)26-18-12-5-9(12)6-13(18)17(25-26)19(27)24-16-4-2-11(21)8-23-16/h1-4,7-9,12H,5-6H2,(H,23,24,27)/t9-,12-/m1/s1. The Morgan fingerprint density at radius 3 is 2.70 bits per heavy atom. The lowest BCUT2D eigenvalue weighted by Gasteiger charge is -2.07. The predicted octanol–water partition coefficient (Wildman–Crippen LogP) is 3.60. The lowest BCUT2D eigenvalue weighted by atomic mass is 10.1. The Bertz CT molecular complexity index is 1080. The number of anilines is 1. The maximum Gasteiger partial charge on any atom is 0.277 e. The minimum Gasteiger partial charge on any atom is -0.305 e. The van der Waals surface area contributed by atoms with Crippen LogP contribution in [0.25, 0.3) is 5.69 Å². The molecule has 136 valence electrons. The van der Waals surface area contributed by atoms with Gasteiger partial charge >= 0.3 is 0 Å². The molecule has 2 atom stereocenters. The quantitative estimate of drug-likeness (QED) is 0.766. The highest BCUT2D eigenvalue weighted by atomic mass is 19.1. The molecule has 1 aromatic carbocycles. The minimum absolute atomic E-state index is 0.110. The lowest BCUT2D eigenvalue weighted by Crippen LogP contribution is -2.16. The first-order valence-electron chi connectivity index (χ1n) is 8.51. The summed E-state index contributed by atoms with van der Waals surface area (Å²) < 4.78 is 41.9. The number of halogens is 3. The summed E-state index contributed by atoms with van der Waals surface area (Å²) in [5, 5.41) is 6.91. The molecule has 8 heteroatoms. The van der Waals surface area contributed by atoms with E-state index in [0.29, 0.717) is 12.3 Å². The van der Waals surface area contributed by atoms with Crippen LogP contribution in [0.2, 0.25) is 0 Å². The van der Waals surface area contributed by atoms with Crippen LogP contribution in [0.1, 0.15) is 34.1 Å². The fourth-order valence-corrected chi connectivity index (χ4v) is 3.76. The van der Waals surface area contributed by atoms with Crippen molar-refractivity contribution >= 4 is 11.7 Å².